The summed E-state index contributed by atoms with van der Waals surface area (Å²) < 4.78 is 5.05. The third-order valence-electron chi connectivity index (χ3n) is 2.95. The molecule has 104 valence electrons. The van der Waals surface area contributed by atoms with Crippen LogP contribution in [0.5, 0.6) is 5.75 Å². The van der Waals surface area contributed by atoms with Gasteiger partial charge in [0.2, 0.25) is 5.91 Å². The molecule has 1 fully saturated rings. The average molecular weight is 265 g/mol. The van der Waals surface area contributed by atoms with Crippen LogP contribution >= 0.6 is 0 Å². The first kappa shape index (κ1) is 13.6. The van der Waals surface area contributed by atoms with Crippen LogP contribution in [-0.4, -0.2) is 37.8 Å². The highest BCUT2D eigenvalue weighted by molar-refractivity contribution is 5.94. The second-order valence-electron chi connectivity index (χ2n) is 4.37. The summed E-state index contributed by atoms with van der Waals surface area (Å²) in [6.07, 6.45) is 1.40. The van der Waals surface area contributed by atoms with Crippen molar-refractivity contribution in [2.24, 2.45) is 0 Å². The topological polar surface area (TPSA) is 76.8 Å². The third-order valence-corrected chi connectivity index (χ3v) is 2.95. The Labute approximate surface area is 112 Å². The smallest absolute Gasteiger partial charge is 0.225 e. The Morgan fingerprint density at radius 1 is 1.58 bits per heavy atom. The number of nitrogens with two attached hydrogens (primary N) is 1. The molecule has 0 radical (unpaired) electrons. The first-order chi connectivity index (χ1) is 9.19. The molecule has 0 unspecified atom stereocenters. The molecule has 19 heavy (non-hydrogen) atoms. The summed E-state index contributed by atoms with van der Waals surface area (Å²) in [4.78, 5) is 17.1. The number of ether oxygens (including phenoxy) is 1. The lowest BCUT2D eigenvalue weighted by Crippen LogP contribution is -2.24. The molecule has 0 spiro atoms. The fourth-order valence-corrected chi connectivity index (χ4v) is 1.90. The molecule has 3 N–H and O–H groups in total. The van der Waals surface area contributed by atoms with E-state index in [0.717, 1.165) is 19.6 Å². The molecular weight excluding hydrogens is 246 g/mol. The second kappa shape index (κ2) is 6.40. The molecule has 0 saturated carbocycles. The fourth-order valence-electron chi connectivity index (χ4n) is 1.90. The van der Waals surface area contributed by atoms with Gasteiger partial charge in [0.1, 0.15) is 5.75 Å². The zero-order valence-corrected chi connectivity index (χ0v) is 11.0. The Balaban J connectivity index is 1.84. The minimum absolute atomic E-state index is 0.0765. The van der Waals surface area contributed by atoms with Gasteiger partial charge in [-0.1, -0.05) is 0 Å². The van der Waals surface area contributed by atoms with Crippen molar-refractivity contribution in [3.05, 3.63) is 18.2 Å². The van der Waals surface area contributed by atoms with Crippen molar-refractivity contribution in [2.75, 3.05) is 37.9 Å². The Bertz CT molecular complexity index is 445. The normalized spacial score (nSPS) is 15.4. The van der Waals surface area contributed by atoms with Gasteiger partial charge in [-0.15, -0.1) is 0 Å². The molecule has 0 aliphatic carbocycles. The van der Waals surface area contributed by atoms with Gasteiger partial charge in [-0.25, -0.2) is 0 Å². The van der Waals surface area contributed by atoms with Gasteiger partial charge in [0.15, 0.2) is 0 Å². The van der Waals surface area contributed by atoms with Crippen molar-refractivity contribution in [1.82, 2.24) is 5.06 Å². The lowest BCUT2D eigenvalue weighted by molar-refractivity contribution is -0.126. The Morgan fingerprint density at radius 3 is 3.05 bits per heavy atom. The van der Waals surface area contributed by atoms with Crippen molar-refractivity contribution < 1.29 is 14.4 Å². The lowest BCUT2D eigenvalue weighted by atomic mass is 10.2. The molecule has 1 saturated heterocycles. The minimum atomic E-state index is -0.0765. The molecular formula is C13H19N3O3. The third kappa shape index (κ3) is 3.84. The van der Waals surface area contributed by atoms with Crippen LogP contribution in [0.3, 0.4) is 0 Å². The molecule has 1 heterocycles. The van der Waals surface area contributed by atoms with E-state index >= 15 is 0 Å². The van der Waals surface area contributed by atoms with Gasteiger partial charge >= 0.3 is 0 Å². The number of methoxy groups -OCH3 is 1. The van der Waals surface area contributed by atoms with Crippen LogP contribution in [0.4, 0.5) is 11.4 Å². The largest absolute Gasteiger partial charge is 0.497 e. The molecule has 0 aromatic heterocycles. The fraction of sp³-hybridized carbons (Fsp3) is 0.462. The van der Waals surface area contributed by atoms with Crippen molar-refractivity contribution in [3.63, 3.8) is 0 Å². The summed E-state index contributed by atoms with van der Waals surface area (Å²) in [6.45, 7) is 2.23. The van der Waals surface area contributed by atoms with Gasteiger partial charge in [-0.3, -0.25) is 9.63 Å². The number of nitrogen functional groups attached to an aromatic ring is 1. The summed E-state index contributed by atoms with van der Waals surface area (Å²) in [5.41, 5.74) is 6.93. The number of benzene rings is 1. The maximum absolute atomic E-state index is 11.8. The number of anilines is 2. The Kier molecular flexibility index (Phi) is 4.59. The highest BCUT2D eigenvalue weighted by atomic mass is 16.7. The van der Waals surface area contributed by atoms with E-state index < -0.39 is 0 Å². The number of carbonyl (C=O) groups is 1. The van der Waals surface area contributed by atoms with Crippen LogP contribution in [0.2, 0.25) is 0 Å². The van der Waals surface area contributed by atoms with Crippen LogP contribution in [0.1, 0.15) is 12.8 Å². The molecule has 0 bridgehead atoms. The monoisotopic (exact) mass is 265 g/mol. The van der Waals surface area contributed by atoms with Crippen molar-refractivity contribution in [3.8, 4) is 5.75 Å². The van der Waals surface area contributed by atoms with E-state index in [2.05, 4.69) is 5.32 Å². The standard InChI is InChI=1S/C13H19N3O3/c1-18-10-3-4-12(11(14)9-10)15-13(17)5-7-16-6-2-8-19-16/h3-4,9H,2,5-8,14H2,1H3,(H,15,17). The zero-order chi connectivity index (χ0) is 13.7. The number of hydroxylamine groups is 2. The van der Waals surface area contributed by atoms with E-state index in [9.17, 15) is 4.79 Å². The molecule has 1 amide bonds. The van der Waals surface area contributed by atoms with Gasteiger partial charge in [0, 0.05) is 25.6 Å². The van der Waals surface area contributed by atoms with Gasteiger partial charge in [-0.05, 0) is 18.6 Å². The van der Waals surface area contributed by atoms with E-state index in [4.69, 9.17) is 15.3 Å². The molecule has 1 aromatic rings. The van der Waals surface area contributed by atoms with E-state index in [1.54, 1.807) is 25.3 Å². The number of nitrogens with zero attached hydrogens (tertiary/aromatic N) is 1. The van der Waals surface area contributed by atoms with Gasteiger partial charge in [0.25, 0.3) is 0 Å². The van der Waals surface area contributed by atoms with Crippen molar-refractivity contribution >= 4 is 17.3 Å². The first-order valence-electron chi connectivity index (χ1n) is 6.30. The molecule has 1 aliphatic heterocycles. The number of hydrogen-bond acceptors (Lipinski definition) is 5. The van der Waals surface area contributed by atoms with Crippen LogP contribution < -0.4 is 15.8 Å². The average Bonchev–Trinajstić information content (AvgIpc) is 2.92. The van der Waals surface area contributed by atoms with Gasteiger partial charge in [-0.2, -0.15) is 5.06 Å². The van der Waals surface area contributed by atoms with Crippen LogP contribution in [0.15, 0.2) is 18.2 Å². The van der Waals surface area contributed by atoms with E-state index in [1.165, 1.54) is 0 Å². The summed E-state index contributed by atoms with van der Waals surface area (Å²) in [5, 5.41) is 4.60. The number of carbonyl (C=O) groups excluding carboxylic acids is 1. The van der Waals surface area contributed by atoms with E-state index in [1.807, 2.05) is 5.06 Å². The van der Waals surface area contributed by atoms with Crippen LogP contribution in [0.25, 0.3) is 0 Å². The molecule has 6 nitrogen and oxygen atoms in total. The quantitative estimate of drug-likeness (QED) is 0.783. The molecule has 0 atom stereocenters. The predicted molar refractivity (Wildman–Crippen MR) is 72.8 cm³/mol. The number of rotatable bonds is 5. The van der Waals surface area contributed by atoms with Gasteiger partial charge < -0.3 is 15.8 Å². The minimum Gasteiger partial charge on any atom is -0.497 e. The SMILES string of the molecule is COc1ccc(NC(=O)CCN2CCCO2)c(N)c1. The van der Waals surface area contributed by atoms with Crippen LogP contribution in [-0.2, 0) is 9.63 Å². The number of hydrogen-bond donors (Lipinski definition) is 2. The zero-order valence-electron chi connectivity index (χ0n) is 11.0. The van der Waals surface area contributed by atoms with Crippen molar-refractivity contribution in [2.45, 2.75) is 12.8 Å². The maximum atomic E-state index is 11.8. The van der Waals surface area contributed by atoms with Crippen LogP contribution in [0, 0.1) is 0 Å². The lowest BCUT2D eigenvalue weighted by Gasteiger charge is -2.14. The first-order valence-corrected chi connectivity index (χ1v) is 6.30. The summed E-state index contributed by atoms with van der Waals surface area (Å²) in [6, 6.07) is 5.17. The van der Waals surface area contributed by atoms with Gasteiger partial charge in [0.05, 0.1) is 25.1 Å². The van der Waals surface area contributed by atoms with E-state index in [-0.39, 0.29) is 5.91 Å². The van der Waals surface area contributed by atoms with E-state index in [0.29, 0.717) is 30.1 Å². The maximum Gasteiger partial charge on any atom is 0.225 e. The summed E-state index contributed by atoms with van der Waals surface area (Å²) >= 11 is 0. The predicted octanol–water partition coefficient (Wildman–Crippen LogP) is 1.24. The highest BCUT2D eigenvalue weighted by Crippen LogP contribution is 2.24. The molecule has 6 heteroatoms. The number of amides is 1. The summed E-state index contributed by atoms with van der Waals surface area (Å²) in [7, 11) is 1.57. The molecule has 1 aromatic carbocycles. The number of nitrogens with one attached hydrogen (secondary N) is 1. The Hall–Kier alpha value is -1.79. The summed E-state index contributed by atoms with van der Waals surface area (Å²) in [5.74, 6) is 0.591. The highest BCUT2D eigenvalue weighted by Gasteiger charge is 2.14. The molecule has 2 rings (SSSR count). The Morgan fingerprint density at radius 2 is 2.42 bits per heavy atom. The van der Waals surface area contributed by atoms with Crippen molar-refractivity contribution in [1.29, 1.82) is 0 Å². The second-order valence-corrected chi connectivity index (χ2v) is 4.37. The molecule has 1 aliphatic rings.